The lowest BCUT2D eigenvalue weighted by atomic mass is 10.3. The van der Waals surface area contributed by atoms with Crippen LogP contribution in [0, 0.1) is 0 Å². The predicted octanol–water partition coefficient (Wildman–Crippen LogP) is 5.10. The van der Waals surface area contributed by atoms with E-state index in [4.69, 9.17) is 19.8 Å². The van der Waals surface area contributed by atoms with Gasteiger partial charge in [0.05, 0.1) is 11.9 Å². The number of carboxylic acid groups (broad SMARTS) is 2. The number of rotatable bonds is 8. The standard InChI is InChI=1S/2C24H20P.C2H2O4/c2*1-5-13-21(14-6-1)25(22-15-7-2-8-16-22,23-17-9-3-10-18-23)24-19-11-4-12-20-24;3-1(4)2(5)6/h2*1-20H;(H,3,4)(H,5,6)/q2*+1;/p-2. The minimum absolute atomic E-state index is 1.39. The number of hydrogen-bond acceptors (Lipinski definition) is 4. The second-order valence-electron chi connectivity index (χ2n) is 12.6. The summed E-state index contributed by atoms with van der Waals surface area (Å²) in [6.45, 7) is 0. The molecule has 0 aliphatic rings. The summed E-state index contributed by atoms with van der Waals surface area (Å²) >= 11 is 0. The van der Waals surface area contributed by atoms with Crippen LogP contribution in [-0.2, 0) is 9.59 Å². The van der Waals surface area contributed by atoms with Gasteiger partial charge < -0.3 is 19.8 Å². The van der Waals surface area contributed by atoms with Crippen molar-refractivity contribution in [1.82, 2.24) is 0 Å². The van der Waals surface area contributed by atoms with Crippen molar-refractivity contribution in [2.24, 2.45) is 0 Å². The van der Waals surface area contributed by atoms with Crippen molar-refractivity contribution in [3.05, 3.63) is 243 Å². The highest BCUT2D eigenvalue weighted by Crippen LogP contribution is 2.55. The van der Waals surface area contributed by atoms with E-state index in [1.165, 1.54) is 42.4 Å². The van der Waals surface area contributed by atoms with E-state index >= 15 is 0 Å². The average molecular weight is 767 g/mol. The third-order valence-corrected chi connectivity index (χ3v) is 17.9. The molecule has 4 nitrogen and oxygen atoms in total. The molecule has 0 N–H and O–H groups in total. The number of aliphatic carboxylic acids is 2. The van der Waals surface area contributed by atoms with Crippen molar-refractivity contribution in [2.45, 2.75) is 0 Å². The molecule has 8 rings (SSSR count). The summed E-state index contributed by atoms with van der Waals surface area (Å²) in [5.41, 5.74) is 0. The zero-order valence-electron chi connectivity index (χ0n) is 30.6. The van der Waals surface area contributed by atoms with Gasteiger partial charge in [-0.05, 0) is 97.1 Å². The third kappa shape index (κ3) is 8.59. The van der Waals surface area contributed by atoms with E-state index in [1.54, 1.807) is 0 Å². The van der Waals surface area contributed by atoms with Crippen molar-refractivity contribution in [3.8, 4) is 0 Å². The minimum Gasteiger partial charge on any atom is -0.543 e. The molecule has 0 fully saturated rings. The van der Waals surface area contributed by atoms with Crippen LogP contribution >= 0.6 is 14.5 Å². The maximum atomic E-state index is 8.93. The molecule has 0 spiro atoms. The quantitative estimate of drug-likeness (QED) is 0.160. The molecule has 0 unspecified atom stereocenters. The van der Waals surface area contributed by atoms with Gasteiger partial charge in [0.2, 0.25) is 0 Å². The lowest BCUT2D eigenvalue weighted by Crippen LogP contribution is -2.42. The number of carbonyl (C=O) groups is 2. The number of benzene rings is 8. The van der Waals surface area contributed by atoms with E-state index in [9.17, 15) is 0 Å². The molecule has 274 valence electrons. The van der Waals surface area contributed by atoms with Gasteiger partial charge in [0.25, 0.3) is 0 Å². The molecule has 0 radical (unpaired) electrons. The van der Waals surface area contributed by atoms with E-state index in [2.05, 4.69) is 243 Å². The Bertz CT molecular complexity index is 1880. The third-order valence-electron chi connectivity index (χ3n) is 9.31. The zero-order valence-corrected chi connectivity index (χ0v) is 32.4. The molecule has 0 aromatic heterocycles. The SMILES string of the molecule is O=C([O-])C(=O)[O-].c1ccc([P+](c2ccccc2)(c2ccccc2)c2ccccc2)cc1.c1ccc([P+](c2ccccc2)(c2ccccc2)c2ccccc2)cc1. The molecule has 8 aromatic carbocycles. The first kappa shape index (κ1) is 39.3. The fourth-order valence-electron chi connectivity index (χ4n) is 7.00. The van der Waals surface area contributed by atoms with Crippen LogP contribution in [0.1, 0.15) is 0 Å². The van der Waals surface area contributed by atoms with E-state index in [-0.39, 0.29) is 0 Å². The molecule has 0 saturated heterocycles. The predicted molar refractivity (Wildman–Crippen MR) is 232 cm³/mol. The van der Waals surface area contributed by atoms with Crippen LogP contribution in [-0.4, -0.2) is 11.9 Å². The molecule has 0 aliphatic carbocycles. The van der Waals surface area contributed by atoms with Gasteiger partial charge in [0.15, 0.2) is 0 Å². The Morgan fingerprint density at radius 3 is 0.429 bits per heavy atom. The first-order valence-electron chi connectivity index (χ1n) is 18.1. The molecule has 0 heterocycles. The Morgan fingerprint density at radius 1 is 0.232 bits per heavy atom. The molecule has 0 atom stereocenters. The molecule has 6 heteroatoms. The van der Waals surface area contributed by atoms with Crippen molar-refractivity contribution in [3.63, 3.8) is 0 Å². The van der Waals surface area contributed by atoms with Gasteiger partial charge in [-0.2, -0.15) is 0 Å². The highest BCUT2D eigenvalue weighted by atomic mass is 31.2. The highest BCUT2D eigenvalue weighted by Gasteiger charge is 2.48. The number of hydrogen-bond donors (Lipinski definition) is 0. The van der Waals surface area contributed by atoms with Crippen LogP contribution in [0.2, 0.25) is 0 Å². The highest BCUT2D eigenvalue weighted by molar-refractivity contribution is 8.02. The van der Waals surface area contributed by atoms with Crippen molar-refractivity contribution in [2.75, 3.05) is 0 Å². The van der Waals surface area contributed by atoms with Gasteiger partial charge in [0.1, 0.15) is 57.0 Å². The second kappa shape index (κ2) is 19.2. The van der Waals surface area contributed by atoms with Crippen molar-refractivity contribution >= 4 is 68.9 Å². The maximum absolute atomic E-state index is 8.93. The van der Waals surface area contributed by atoms with Crippen LogP contribution in [0.15, 0.2) is 243 Å². The summed E-state index contributed by atoms with van der Waals surface area (Å²) in [6, 6.07) is 87.7. The topological polar surface area (TPSA) is 80.3 Å². The molecule has 0 aliphatic heterocycles. The Hall–Kier alpha value is -6.44. The fourth-order valence-corrected chi connectivity index (χ4v) is 15.5. The van der Waals surface area contributed by atoms with Crippen LogP contribution in [0.25, 0.3) is 0 Å². The summed E-state index contributed by atoms with van der Waals surface area (Å²) in [4.78, 5) is 17.9. The molecule has 0 bridgehead atoms. The van der Waals surface area contributed by atoms with Crippen LogP contribution in [0.4, 0.5) is 0 Å². The van der Waals surface area contributed by atoms with E-state index in [0.717, 1.165) is 0 Å². The van der Waals surface area contributed by atoms with E-state index in [1.807, 2.05) is 0 Å². The summed E-state index contributed by atoms with van der Waals surface area (Å²) in [6.07, 6.45) is 0. The normalized spacial score (nSPS) is 10.8. The first-order valence-corrected chi connectivity index (χ1v) is 21.7. The monoisotopic (exact) mass is 766 g/mol. The smallest absolute Gasteiger partial charge is 0.144 e. The largest absolute Gasteiger partial charge is 0.543 e. The lowest BCUT2D eigenvalue weighted by Gasteiger charge is -2.27. The summed E-state index contributed by atoms with van der Waals surface area (Å²) in [5, 5.41) is 29.0. The average Bonchev–Trinajstić information content (AvgIpc) is 3.28. The molecule has 0 saturated carbocycles. The van der Waals surface area contributed by atoms with Gasteiger partial charge in [-0.15, -0.1) is 0 Å². The Kier molecular flexibility index (Phi) is 13.5. The van der Waals surface area contributed by atoms with Crippen LogP contribution in [0.3, 0.4) is 0 Å². The zero-order chi connectivity index (χ0) is 39.1. The molecule has 0 amide bonds. The fraction of sp³-hybridized carbons (Fsp3) is 0. The number of carbonyl (C=O) groups excluding carboxylic acids is 2. The minimum atomic E-state index is -2.19. The first-order chi connectivity index (χ1) is 27.5. The van der Waals surface area contributed by atoms with Gasteiger partial charge in [0, 0.05) is 0 Å². The summed E-state index contributed by atoms with van der Waals surface area (Å²) < 4.78 is 0. The number of carboxylic acids is 2. The van der Waals surface area contributed by atoms with E-state index < -0.39 is 26.5 Å². The van der Waals surface area contributed by atoms with Gasteiger partial charge in [-0.1, -0.05) is 146 Å². The van der Waals surface area contributed by atoms with Crippen LogP contribution < -0.4 is 52.6 Å². The lowest BCUT2D eigenvalue weighted by molar-refractivity contribution is -0.345. The van der Waals surface area contributed by atoms with Crippen molar-refractivity contribution in [1.29, 1.82) is 0 Å². The summed E-state index contributed by atoms with van der Waals surface area (Å²) in [5.74, 6) is -4.37. The second-order valence-corrected chi connectivity index (χ2v) is 19.4. The van der Waals surface area contributed by atoms with E-state index in [0.29, 0.717) is 0 Å². The van der Waals surface area contributed by atoms with Gasteiger partial charge in [-0.25, -0.2) is 0 Å². The Morgan fingerprint density at radius 2 is 0.339 bits per heavy atom. The Labute approximate surface area is 330 Å². The molecular formula is C50H40O4P2. The summed E-state index contributed by atoms with van der Waals surface area (Å²) in [7, 11) is -3.81. The van der Waals surface area contributed by atoms with Crippen LogP contribution in [0.5, 0.6) is 0 Å². The molecular weight excluding hydrogens is 726 g/mol. The van der Waals surface area contributed by atoms with Crippen molar-refractivity contribution < 1.29 is 19.8 Å². The maximum Gasteiger partial charge on any atom is 0.144 e. The molecule has 8 aromatic rings. The molecule has 56 heavy (non-hydrogen) atoms. The Balaban J connectivity index is 0.000000166. The van der Waals surface area contributed by atoms with Gasteiger partial charge >= 0.3 is 0 Å². The van der Waals surface area contributed by atoms with Gasteiger partial charge in [-0.3, -0.25) is 0 Å².